The number of rotatable bonds is 7. The van der Waals surface area contributed by atoms with Crippen molar-refractivity contribution in [3.05, 3.63) is 29.8 Å². The van der Waals surface area contributed by atoms with Gasteiger partial charge >= 0.3 is 0 Å². The summed E-state index contributed by atoms with van der Waals surface area (Å²) < 4.78 is 0. The SMILES string of the molecule is CCC[C@@H](N)C(=O)Nc1ccc(C(=O)NCCO)cc1. The second-order valence-electron chi connectivity index (χ2n) is 4.44. The molecule has 110 valence electrons. The van der Waals surface area contributed by atoms with E-state index in [2.05, 4.69) is 10.6 Å². The van der Waals surface area contributed by atoms with E-state index in [9.17, 15) is 9.59 Å². The van der Waals surface area contributed by atoms with Gasteiger partial charge in [0.1, 0.15) is 0 Å². The smallest absolute Gasteiger partial charge is 0.251 e. The van der Waals surface area contributed by atoms with Crippen molar-refractivity contribution in [2.45, 2.75) is 25.8 Å². The summed E-state index contributed by atoms with van der Waals surface area (Å²) in [5.74, 6) is -0.496. The number of anilines is 1. The molecule has 1 rings (SSSR count). The maximum atomic E-state index is 11.7. The first-order valence-electron chi connectivity index (χ1n) is 6.64. The number of aliphatic hydroxyl groups excluding tert-OH is 1. The Kier molecular flexibility index (Phi) is 6.69. The van der Waals surface area contributed by atoms with Gasteiger partial charge in [-0.2, -0.15) is 0 Å². The highest BCUT2D eigenvalue weighted by atomic mass is 16.3. The predicted molar refractivity (Wildman–Crippen MR) is 77.4 cm³/mol. The minimum Gasteiger partial charge on any atom is -0.395 e. The standard InChI is InChI=1S/C14H21N3O3/c1-2-3-12(15)14(20)17-11-6-4-10(5-7-11)13(19)16-8-9-18/h4-7,12,18H,2-3,8-9,15H2,1H3,(H,16,19)(H,17,20)/t12-/m1/s1. The molecular formula is C14H21N3O3. The summed E-state index contributed by atoms with van der Waals surface area (Å²) in [7, 11) is 0. The molecule has 0 bridgehead atoms. The molecule has 20 heavy (non-hydrogen) atoms. The predicted octanol–water partition coefficient (Wildman–Crippen LogP) is 0.475. The summed E-state index contributed by atoms with van der Waals surface area (Å²) in [4.78, 5) is 23.3. The van der Waals surface area contributed by atoms with E-state index in [1.165, 1.54) is 0 Å². The Balaban J connectivity index is 2.58. The van der Waals surface area contributed by atoms with Gasteiger partial charge in [-0.15, -0.1) is 0 Å². The lowest BCUT2D eigenvalue weighted by molar-refractivity contribution is -0.117. The Labute approximate surface area is 118 Å². The normalized spacial score (nSPS) is 11.8. The van der Waals surface area contributed by atoms with Gasteiger partial charge in [0.15, 0.2) is 0 Å². The maximum absolute atomic E-state index is 11.7. The van der Waals surface area contributed by atoms with Crippen LogP contribution in [0.1, 0.15) is 30.1 Å². The van der Waals surface area contributed by atoms with E-state index in [-0.39, 0.29) is 25.0 Å². The van der Waals surface area contributed by atoms with Gasteiger partial charge in [-0.05, 0) is 30.7 Å². The van der Waals surface area contributed by atoms with E-state index in [4.69, 9.17) is 10.8 Å². The van der Waals surface area contributed by atoms with Crippen molar-refractivity contribution in [2.24, 2.45) is 5.73 Å². The Hall–Kier alpha value is -1.92. The Morgan fingerprint density at radius 2 is 1.95 bits per heavy atom. The van der Waals surface area contributed by atoms with Crippen molar-refractivity contribution in [3.63, 3.8) is 0 Å². The van der Waals surface area contributed by atoms with Gasteiger partial charge in [-0.3, -0.25) is 9.59 Å². The molecule has 1 aromatic carbocycles. The summed E-state index contributed by atoms with van der Waals surface area (Å²) in [5.41, 5.74) is 6.77. The van der Waals surface area contributed by atoms with Crippen molar-refractivity contribution in [2.75, 3.05) is 18.5 Å². The van der Waals surface area contributed by atoms with Crippen LogP contribution < -0.4 is 16.4 Å². The summed E-state index contributed by atoms with van der Waals surface area (Å²) in [6.07, 6.45) is 1.48. The van der Waals surface area contributed by atoms with Crippen LogP contribution in [0.3, 0.4) is 0 Å². The summed E-state index contributed by atoms with van der Waals surface area (Å²) in [6, 6.07) is 5.98. The molecule has 5 N–H and O–H groups in total. The minimum absolute atomic E-state index is 0.102. The van der Waals surface area contributed by atoms with Gasteiger partial charge in [0, 0.05) is 17.8 Å². The average molecular weight is 279 g/mol. The van der Waals surface area contributed by atoms with Crippen molar-refractivity contribution < 1.29 is 14.7 Å². The first-order valence-corrected chi connectivity index (χ1v) is 6.64. The lowest BCUT2D eigenvalue weighted by Gasteiger charge is -2.11. The highest BCUT2D eigenvalue weighted by molar-refractivity contribution is 5.97. The fourth-order valence-corrected chi connectivity index (χ4v) is 1.65. The molecule has 0 saturated carbocycles. The van der Waals surface area contributed by atoms with Crippen molar-refractivity contribution in [3.8, 4) is 0 Å². The molecule has 6 nitrogen and oxygen atoms in total. The van der Waals surface area contributed by atoms with Crippen LogP contribution in [-0.4, -0.2) is 36.1 Å². The lowest BCUT2D eigenvalue weighted by atomic mass is 10.1. The molecule has 1 aromatic rings. The highest BCUT2D eigenvalue weighted by Crippen LogP contribution is 2.10. The number of nitrogens with two attached hydrogens (primary N) is 1. The third-order valence-corrected chi connectivity index (χ3v) is 2.75. The largest absolute Gasteiger partial charge is 0.395 e. The van der Waals surface area contributed by atoms with Gasteiger partial charge in [-0.1, -0.05) is 13.3 Å². The van der Waals surface area contributed by atoms with E-state index in [1.807, 2.05) is 6.92 Å². The molecule has 0 fully saturated rings. The van der Waals surface area contributed by atoms with E-state index in [0.717, 1.165) is 6.42 Å². The monoisotopic (exact) mass is 279 g/mol. The second kappa shape index (κ2) is 8.29. The quantitative estimate of drug-likeness (QED) is 0.582. The zero-order valence-electron chi connectivity index (χ0n) is 11.6. The van der Waals surface area contributed by atoms with Crippen LogP contribution in [0.15, 0.2) is 24.3 Å². The Morgan fingerprint density at radius 1 is 1.30 bits per heavy atom. The molecule has 0 aromatic heterocycles. The molecule has 0 unspecified atom stereocenters. The van der Waals surface area contributed by atoms with E-state index < -0.39 is 6.04 Å². The second-order valence-corrected chi connectivity index (χ2v) is 4.44. The van der Waals surface area contributed by atoms with Gasteiger partial charge in [0.05, 0.1) is 12.6 Å². The molecule has 0 saturated heterocycles. The number of hydrogen-bond donors (Lipinski definition) is 4. The fourth-order valence-electron chi connectivity index (χ4n) is 1.65. The zero-order valence-corrected chi connectivity index (χ0v) is 11.6. The third-order valence-electron chi connectivity index (χ3n) is 2.75. The van der Waals surface area contributed by atoms with Crippen LogP contribution in [0.25, 0.3) is 0 Å². The first-order chi connectivity index (χ1) is 9.58. The van der Waals surface area contributed by atoms with Crippen LogP contribution in [-0.2, 0) is 4.79 Å². The van der Waals surface area contributed by atoms with Crippen molar-refractivity contribution in [1.82, 2.24) is 5.32 Å². The van der Waals surface area contributed by atoms with Crippen LogP contribution in [0, 0.1) is 0 Å². The molecule has 0 spiro atoms. The van der Waals surface area contributed by atoms with E-state index >= 15 is 0 Å². The molecule has 1 atom stereocenters. The first kappa shape index (κ1) is 16.1. The average Bonchev–Trinajstić information content (AvgIpc) is 2.45. The van der Waals surface area contributed by atoms with Crippen LogP contribution in [0.2, 0.25) is 0 Å². The molecular weight excluding hydrogens is 258 g/mol. The summed E-state index contributed by atoms with van der Waals surface area (Å²) in [6.45, 7) is 2.07. The van der Waals surface area contributed by atoms with E-state index in [0.29, 0.717) is 17.7 Å². The Morgan fingerprint density at radius 3 is 2.50 bits per heavy atom. The zero-order chi connectivity index (χ0) is 15.0. The van der Waals surface area contributed by atoms with Crippen LogP contribution in [0.5, 0.6) is 0 Å². The number of aliphatic hydroxyl groups is 1. The van der Waals surface area contributed by atoms with Gasteiger partial charge in [0.2, 0.25) is 5.91 Å². The molecule has 6 heteroatoms. The third kappa shape index (κ3) is 4.99. The van der Waals surface area contributed by atoms with Gasteiger partial charge < -0.3 is 21.5 Å². The molecule has 2 amide bonds. The fraction of sp³-hybridized carbons (Fsp3) is 0.429. The Bertz CT molecular complexity index is 445. The summed E-state index contributed by atoms with van der Waals surface area (Å²) >= 11 is 0. The lowest BCUT2D eigenvalue weighted by Crippen LogP contribution is -2.35. The molecule has 0 aliphatic rings. The number of carbonyl (C=O) groups excluding carboxylic acids is 2. The minimum atomic E-state index is -0.521. The number of hydrogen-bond acceptors (Lipinski definition) is 4. The highest BCUT2D eigenvalue weighted by Gasteiger charge is 2.12. The molecule has 0 radical (unpaired) electrons. The summed E-state index contributed by atoms with van der Waals surface area (Å²) in [5, 5.41) is 13.9. The van der Waals surface area contributed by atoms with E-state index in [1.54, 1.807) is 24.3 Å². The number of carbonyl (C=O) groups is 2. The number of nitrogens with one attached hydrogen (secondary N) is 2. The number of amides is 2. The van der Waals surface area contributed by atoms with Crippen LogP contribution >= 0.6 is 0 Å². The maximum Gasteiger partial charge on any atom is 0.251 e. The van der Waals surface area contributed by atoms with Gasteiger partial charge in [0.25, 0.3) is 5.91 Å². The topological polar surface area (TPSA) is 104 Å². The van der Waals surface area contributed by atoms with Gasteiger partial charge in [-0.25, -0.2) is 0 Å². The van der Waals surface area contributed by atoms with Crippen molar-refractivity contribution in [1.29, 1.82) is 0 Å². The number of benzene rings is 1. The molecule has 0 aliphatic carbocycles. The van der Waals surface area contributed by atoms with Crippen molar-refractivity contribution >= 4 is 17.5 Å². The molecule has 0 aliphatic heterocycles. The molecule has 0 heterocycles. The van der Waals surface area contributed by atoms with Crippen LogP contribution in [0.4, 0.5) is 5.69 Å².